The molecule has 8 nitrogen and oxygen atoms in total. The monoisotopic (exact) mass is 439 g/mol. The second-order valence-electron chi connectivity index (χ2n) is 7.17. The van der Waals surface area contributed by atoms with Crippen LogP contribution in [0.3, 0.4) is 0 Å². The second-order valence-corrected chi connectivity index (χ2v) is 8.98. The predicted octanol–water partition coefficient (Wildman–Crippen LogP) is 2.51. The number of carbonyl (C=O) groups is 2. The zero-order chi connectivity index (χ0) is 21.0. The van der Waals surface area contributed by atoms with Crippen LogP contribution in [-0.2, 0) is 9.53 Å². The third-order valence-corrected chi connectivity index (χ3v) is 6.45. The normalized spacial score (nSPS) is 14.8. The minimum Gasteiger partial charge on any atom is -0.462 e. The minimum absolute atomic E-state index is 0.117. The van der Waals surface area contributed by atoms with Crippen molar-refractivity contribution in [2.24, 2.45) is 0 Å². The van der Waals surface area contributed by atoms with E-state index in [2.05, 4.69) is 22.4 Å². The highest BCUT2D eigenvalue weighted by atomic mass is 32.2. The van der Waals surface area contributed by atoms with Gasteiger partial charge in [0, 0.05) is 6.42 Å². The van der Waals surface area contributed by atoms with E-state index in [-0.39, 0.29) is 23.7 Å². The van der Waals surface area contributed by atoms with Crippen LogP contribution >= 0.6 is 23.1 Å². The zero-order valence-corrected chi connectivity index (χ0v) is 18.7. The molecule has 1 aliphatic carbocycles. The van der Waals surface area contributed by atoms with Gasteiger partial charge in [-0.05, 0) is 36.6 Å². The molecule has 0 spiro atoms. The average molecular weight is 440 g/mol. The molecule has 2 aromatic heterocycles. The molecular formula is C19H27N4O4S2+. The zero-order valence-electron chi connectivity index (χ0n) is 17.1. The lowest BCUT2D eigenvalue weighted by atomic mass is 10.1. The fourth-order valence-corrected chi connectivity index (χ4v) is 4.73. The molecule has 0 bridgehead atoms. The van der Waals surface area contributed by atoms with Crippen LogP contribution in [0.25, 0.3) is 0 Å². The summed E-state index contributed by atoms with van der Waals surface area (Å²) in [5.74, 6) is 0.485. The minimum atomic E-state index is -0.378. The molecule has 1 saturated carbocycles. The SMILES string of the molecule is CCOC(=O)c1c(C2CC2)csc1NC(=O)CSc1nnc([C@H](CC)[NH+](C)C)o1. The van der Waals surface area contributed by atoms with Crippen LogP contribution in [0.5, 0.6) is 0 Å². The van der Waals surface area contributed by atoms with E-state index in [1.54, 1.807) is 6.92 Å². The Morgan fingerprint density at radius 2 is 2.14 bits per heavy atom. The summed E-state index contributed by atoms with van der Waals surface area (Å²) < 4.78 is 10.9. The van der Waals surface area contributed by atoms with Crippen LogP contribution in [0.4, 0.5) is 5.00 Å². The van der Waals surface area contributed by atoms with Gasteiger partial charge in [0.2, 0.25) is 5.91 Å². The molecule has 29 heavy (non-hydrogen) atoms. The summed E-state index contributed by atoms with van der Waals surface area (Å²) in [5, 5.41) is 13.9. The summed E-state index contributed by atoms with van der Waals surface area (Å²) in [6.45, 7) is 4.14. The molecule has 10 heteroatoms. The van der Waals surface area contributed by atoms with E-state index in [0.29, 0.717) is 34.2 Å². The molecule has 2 heterocycles. The third kappa shape index (κ3) is 5.37. The number of nitrogens with zero attached hydrogens (tertiary/aromatic N) is 2. The Morgan fingerprint density at radius 3 is 2.76 bits per heavy atom. The van der Waals surface area contributed by atoms with Gasteiger partial charge < -0.3 is 19.4 Å². The van der Waals surface area contributed by atoms with Crippen LogP contribution in [0.1, 0.15) is 66.9 Å². The topological polar surface area (TPSA) is 98.8 Å². The van der Waals surface area contributed by atoms with Gasteiger partial charge in [0.1, 0.15) is 5.00 Å². The van der Waals surface area contributed by atoms with Gasteiger partial charge in [-0.1, -0.05) is 18.7 Å². The summed E-state index contributed by atoms with van der Waals surface area (Å²) >= 11 is 2.55. The molecule has 2 aromatic rings. The number of aromatic nitrogens is 2. The van der Waals surface area contributed by atoms with Gasteiger partial charge in [-0.15, -0.1) is 21.5 Å². The van der Waals surface area contributed by atoms with Crippen LogP contribution < -0.4 is 10.2 Å². The van der Waals surface area contributed by atoms with E-state index in [1.807, 2.05) is 19.5 Å². The molecule has 3 rings (SSSR count). The van der Waals surface area contributed by atoms with Crippen LogP contribution in [0.15, 0.2) is 15.0 Å². The summed E-state index contributed by atoms with van der Waals surface area (Å²) in [7, 11) is 4.08. The number of rotatable bonds is 10. The maximum absolute atomic E-state index is 12.4. The van der Waals surface area contributed by atoms with Crippen molar-refractivity contribution in [2.45, 2.75) is 50.3 Å². The molecular weight excluding hydrogens is 412 g/mol. The number of hydrogen-bond donors (Lipinski definition) is 2. The number of anilines is 1. The Labute approximate surface area is 178 Å². The molecule has 0 aliphatic heterocycles. The Morgan fingerprint density at radius 1 is 1.38 bits per heavy atom. The van der Waals surface area contributed by atoms with E-state index in [0.717, 1.165) is 24.8 Å². The number of amides is 1. The fraction of sp³-hybridized carbons (Fsp3) is 0.579. The number of hydrogen-bond acceptors (Lipinski definition) is 8. The lowest BCUT2D eigenvalue weighted by molar-refractivity contribution is -0.894. The summed E-state index contributed by atoms with van der Waals surface area (Å²) in [5.41, 5.74) is 1.48. The van der Waals surface area contributed by atoms with Crippen molar-refractivity contribution >= 4 is 40.0 Å². The van der Waals surface area contributed by atoms with Crippen molar-refractivity contribution in [3.63, 3.8) is 0 Å². The Bertz CT molecular complexity index is 860. The Balaban J connectivity index is 1.62. The van der Waals surface area contributed by atoms with Gasteiger partial charge in [0.25, 0.3) is 11.1 Å². The van der Waals surface area contributed by atoms with Crippen LogP contribution in [0, 0.1) is 0 Å². The van der Waals surface area contributed by atoms with Crippen molar-refractivity contribution in [3.8, 4) is 0 Å². The highest BCUT2D eigenvalue weighted by Gasteiger charge is 2.32. The van der Waals surface area contributed by atoms with Crippen molar-refractivity contribution in [1.82, 2.24) is 10.2 Å². The maximum Gasteiger partial charge on any atom is 0.341 e. The smallest absolute Gasteiger partial charge is 0.341 e. The molecule has 158 valence electrons. The van der Waals surface area contributed by atoms with Gasteiger partial charge in [0.05, 0.1) is 32.0 Å². The molecule has 0 saturated heterocycles. The van der Waals surface area contributed by atoms with Crippen molar-refractivity contribution in [2.75, 3.05) is 31.8 Å². The first-order valence-corrected chi connectivity index (χ1v) is 11.7. The largest absolute Gasteiger partial charge is 0.462 e. The van der Waals surface area contributed by atoms with Crippen molar-refractivity contribution in [3.05, 3.63) is 22.4 Å². The van der Waals surface area contributed by atoms with Gasteiger partial charge in [0.15, 0.2) is 6.04 Å². The number of nitrogens with one attached hydrogen (secondary N) is 2. The van der Waals surface area contributed by atoms with Gasteiger partial charge >= 0.3 is 5.97 Å². The summed E-state index contributed by atoms with van der Waals surface area (Å²) in [6.07, 6.45) is 3.02. The highest BCUT2D eigenvalue weighted by Crippen LogP contribution is 2.46. The van der Waals surface area contributed by atoms with E-state index < -0.39 is 0 Å². The fourth-order valence-electron chi connectivity index (χ4n) is 3.11. The number of ether oxygens (including phenoxy) is 1. The van der Waals surface area contributed by atoms with E-state index in [4.69, 9.17) is 9.15 Å². The first-order valence-electron chi connectivity index (χ1n) is 9.79. The number of esters is 1. The molecule has 0 unspecified atom stereocenters. The standard InChI is InChI=1S/C19H26N4O4S2/c1-5-13(23(3)4)16-21-22-19(27-16)29-10-14(24)20-17-15(18(25)26-6-2)12(9-28-17)11-7-8-11/h9,11,13H,5-8,10H2,1-4H3,(H,20,24)/p+1/t13-/m0/s1. The molecule has 0 radical (unpaired) electrons. The second kappa shape index (κ2) is 9.73. The molecule has 1 aliphatic rings. The van der Waals surface area contributed by atoms with Gasteiger partial charge in [-0.25, -0.2) is 4.79 Å². The van der Waals surface area contributed by atoms with Crippen LogP contribution in [-0.4, -0.2) is 48.5 Å². The molecule has 0 aromatic carbocycles. The number of thiophene rings is 1. The first kappa shape index (κ1) is 21.8. The quantitative estimate of drug-likeness (QED) is 0.433. The molecule has 1 amide bonds. The number of carbonyl (C=O) groups excluding carboxylic acids is 2. The van der Waals surface area contributed by atoms with Crippen molar-refractivity contribution in [1.29, 1.82) is 0 Å². The van der Waals surface area contributed by atoms with E-state index in [9.17, 15) is 9.59 Å². The summed E-state index contributed by atoms with van der Waals surface area (Å²) in [6, 6.07) is 0.129. The van der Waals surface area contributed by atoms with Gasteiger partial charge in [-0.3, -0.25) is 4.79 Å². The number of quaternary nitrogens is 1. The first-order chi connectivity index (χ1) is 13.9. The number of thioether (sulfide) groups is 1. The van der Waals surface area contributed by atoms with Crippen LogP contribution in [0.2, 0.25) is 0 Å². The maximum atomic E-state index is 12.4. The molecule has 1 fully saturated rings. The average Bonchev–Trinajstić information content (AvgIpc) is 3.27. The third-order valence-electron chi connectivity index (χ3n) is 4.72. The lowest BCUT2D eigenvalue weighted by Crippen LogP contribution is -3.06. The Kier molecular flexibility index (Phi) is 7.31. The molecule has 1 atom stereocenters. The van der Waals surface area contributed by atoms with E-state index in [1.165, 1.54) is 28.0 Å². The highest BCUT2D eigenvalue weighted by molar-refractivity contribution is 7.99. The predicted molar refractivity (Wildman–Crippen MR) is 112 cm³/mol. The van der Waals surface area contributed by atoms with Gasteiger partial charge in [-0.2, -0.15) is 0 Å². The van der Waals surface area contributed by atoms with Crippen molar-refractivity contribution < 1.29 is 23.6 Å². The lowest BCUT2D eigenvalue weighted by Gasteiger charge is -2.15. The Hall–Kier alpha value is -1.91. The summed E-state index contributed by atoms with van der Waals surface area (Å²) in [4.78, 5) is 26.0. The van der Waals surface area contributed by atoms with E-state index >= 15 is 0 Å². The molecule has 2 N–H and O–H groups in total.